The van der Waals surface area contributed by atoms with Crippen LogP contribution in [0.5, 0.6) is 0 Å². The van der Waals surface area contributed by atoms with Gasteiger partial charge in [0, 0.05) is 37.4 Å². The summed E-state index contributed by atoms with van der Waals surface area (Å²) in [4.78, 5) is 36.4. The van der Waals surface area contributed by atoms with Gasteiger partial charge in [0.1, 0.15) is 0 Å². The molecule has 0 bridgehead atoms. The second-order valence-electron chi connectivity index (χ2n) is 9.29. The second-order valence-corrected chi connectivity index (χ2v) is 10.9. The van der Waals surface area contributed by atoms with E-state index in [1.54, 1.807) is 31.2 Å². The fourth-order valence-electron chi connectivity index (χ4n) is 4.20. The van der Waals surface area contributed by atoms with Gasteiger partial charge in [-0.2, -0.15) is 13.2 Å². The number of hydrogen-bond acceptors (Lipinski definition) is 7. The zero-order chi connectivity index (χ0) is 31.2. The second kappa shape index (κ2) is 12.9. The topological polar surface area (TPSA) is 144 Å². The van der Waals surface area contributed by atoms with Crippen molar-refractivity contribution in [1.29, 1.82) is 0 Å². The maximum absolute atomic E-state index is 13.1. The van der Waals surface area contributed by atoms with Crippen molar-refractivity contribution in [2.75, 3.05) is 40.7 Å². The number of alkyl halides is 3. The highest BCUT2D eigenvalue weighted by molar-refractivity contribution is 7.92. The summed E-state index contributed by atoms with van der Waals surface area (Å²) in [5.74, 6) is -3.87. The van der Waals surface area contributed by atoms with Crippen molar-refractivity contribution >= 4 is 44.8 Å². The standard InChI is InChI=1S/C26H27N3O5S.C2HF3O2/c1-18-5-3-4-6-25(18)35(33,34)27-23-17-21(26(31)32)9-12-24(23)29-15-13-28(14-16-29)22-10-7-20(8-11-22)19(2)30;3-2(4,5)1(6)7/h3-12,17,27H,13-16H2,1-2H3,(H,31,32);(H,6,7). The molecule has 3 N–H and O–H groups in total. The van der Waals surface area contributed by atoms with Crippen LogP contribution < -0.4 is 14.5 Å². The van der Waals surface area contributed by atoms with E-state index in [4.69, 9.17) is 9.90 Å². The predicted octanol–water partition coefficient (Wildman–Crippen LogP) is 4.66. The van der Waals surface area contributed by atoms with Gasteiger partial charge in [0.25, 0.3) is 10.0 Å². The molecule has 1 fully saturated rings. The molecule has 3 aromatic rings. The molecule has 42 heavy (non-hydrogen) atoms. The number of aryl methyl sites for hydroxylation is 1. The van der Waals surface area contributed by atoms with Gasteiger partial charge >= 0.3 is 18.1 Å². The van der Waals surface area contributed by atoms with E-state index in [-0.39, 0.29) is 21.9 Å². The number of benzene rings is 3. The molecule has 224 valence electrons. The Balaban J connectivity index is 0.000000616. The van der Waals surface area contributed by atoms with Gasteiger partial charge in [-0.1, -0.05) is 18.2 Å². The summed E-state index contributed by atoms with van der Waals surface area (Å²) in [6, 6.07) is 18.6. The molecule has 0 amide bonds. The normalized spacial score (nSPS) is 13.5. The summed E-state index contributed by atoms with van der Waals surface area (Å²) < 4.78 is 60.6. The lowest BCUT2D eigenvalue weighted by Gasteiger charge is -2.38. The smallest absolute Gasteiger partial charge is 0.478 e. The fraction of sp³-hybridized carbons (Fsp3) is 0.250. The van der Waals surface area contributed by atoms with Gasteiger partial charge in [-0.05, 0) is 67.9 Å². The molecule has 1 saturated heterocycles. The highest BCUT2D eigenvalue weighted by Gasteiger charge is 2.38. The molecule has 1 heterocycles. The van der Waals surface area contributed by atoms with Crippen LogP contribution in [0.15, 0.2) is 71.6 Å². The molecule has 0 aliphatic carbocycles. The molecule has 1 aliphatic rings. The van der Waals surface area contributed by atoms with E-state index in [2.05, 4.69) is 9.62 Å². The molecule has 0 spiro atoms. The zero-order valence-electron chi connectivity index (χ0n) is 22.6. The number of rotatable bonds is 7. The monoisotopic (exact) mass is 607 g/mol. The fourth-order valence-corrected chi connectivity index (χ4v) is 5.51. The van der Waals surface area contributed by atoms with Gasteiger partial charge < -0.3 is 20.0 Å². The van der Waals surface area contributed by atoms with E-state index < -0.39 is 28.1 Å². The number of nitrogens with zero attached hydrogens (tertiary/aromatic N) is 2. The average Bonchev–Trinajstić information content (AvgIpc) is 2.93. The van der Waals surface area contributed by atoms with Crippen molar-refractivity contribution in [3.05, 3.63) is 83.4 Å². The third-order valence-electron chi connectivity index (χ3n) is 6.37. The Labute approximate surface area is 240 Å². The number of ketones is 1. The summed E-state index contributed by atoms with van der Waals surface area (Å²) in [7, 11) is -3.92. The maximum atomic E-state index is 13.1. The van der Waals surface area contributed by atoms with Crippen molar-refractivity contribution in [1.82, 2.24) is 0 Å². The zero-order valence-corrected chi connectivity index (χ0v) is 23.4. The third kappa shape index (κ3) is 8.00. The SMILES string of the molecule is CC(=O)c1ccc(N2CCN(c3ccc(C(=O)O)cc3NS(=O)(=O)c3ccccc3C)CC2)cc1.O=C(O)C(F)(F)F. The summed E-state index contributed by atoms with van der Waals surface area (Å²) in [5, 5.41) is 16.6. The highest BCUT2D eigenvalue weighted by Crippen LogP contribution is 2.32. The number of aliphatic carboxylic acids is 1. The lowest BCUT2D eigenvalue weighted by atomic mass is 10.1. The van der Waals surface area contributed by atoms with Crippen LogP contribution in [-0.2, 0) is 14.8 Å². The van der Waals surface area contributed by atoms with E-state index in [0.717, 1.165) is 5.69 Å². The highest BCUT2D eigenvalue weighted by atomic mass is 32.2. The Hall–Kier alpha value is -4.59. The molecule has 4 rings (SSSR count). The number of hydrogen-bond donors (Lipinski definition) is 3. The first-order chi connectivity index (χ1) is 19.6. The first kappa shape index (κ1) is 31.9. The lowest BCUT2D eigenvalue weighted by molar-refractivity contribution is -0.192. The van der Waals surface area contributed by atoms with Gasteiger partial charge in [0.15, 0.2) is 5.78 Å². The first-order valence-electron chi connectivity index (χ1n) is 12.5. The maximum Gasteiger partial charge on any atom is 0.490 e. The summed E-state index contributed by atoms with van der Waals surface area (Å²) in [6.45, 7) is 5.84. The molecule has 0 aromatic heterocycles. The number of aromatic carboxylic acids is 1. The van der Waals surface area contributed by atoms with Crippen molar-refractivity contribution in [3.63, 3.8) is 0 Å². The lowest BCUT2D eigenvalue weighted by Crippen LogP contribution is -2.46. The molecular weight excluding hydrogens is 579 g/mol. The number of carbonyl (C=O) groups excluding carboxylic acids is 1. The van der Waals surface area contributed by atoms with E-state index in [9.17, 15) is 36.3 Å². The molecule has 14 heteroatoms. The number of carbonyl (C=O) groups is 3. The number of carboxylic acid groups (broad SMARTS) is 2. The minimum atomic E-state index is -5.08. The van der Waals surface area contributed by atoms with Gasteiger partial charge in [-0.3, -0.25) is 9.52 Å². The Morgan fingerprint density at radius 1 is 0.833 bits per heavy atom. The minimum absolute atomic E-state index is 0.000399. The molecule has 0 saturated carbocycles. The van der Waals surface area contributed by atoms with Crippen LogP contribution in [0.1, 0.15) is 33.2 Å². The van der Waals surface area contributed by atoms with Crippen molar-refractivity contribution in [2.24, 2.45) is 0 Å². The number of nitrogens with one attached hydrogen (secondary N) is 1. The molecule has 0 radical (unpaired) electrons. The van der Waals surface area contributed by atoms with E-state index in [1.807, 2.05) is 29.2 Å². The van der Waals surface area contributed by atoms with E-state index in [1.165, 1.54) is 25.1 Å². The Morgan fingerprint density at radius 2 is 1.36 bits per heavy atom. The molecular formula is C28H28F3N3O7S. The summed E-state index contributed by atoms with van der Waals surface area (Å²) >= 11 is 0. The van der Waals surface area contributed by atoms with Crippen LogP contribution in [0.4, 0.5) is 30.2 Å². The van der Waals surface area contributed by atoms with E-state index >= 15 is 0 Å². The number of piperazine rings is 1. The van der Waals surface area contributed by atoms with Crippen molar-refractivity contribution in [3.8, 4) is 0 Å². The van der Waals surface area contributed by atoms with Crippen LogP contribution in [-0.4, -0.2) is 68.7 Å². The number of halogens is 3. The van der Waals surface area contributed by atoms with Crippen LogP contribution in [0.25, 0.3) is 0 Å². The molecule has 10 nitrogen and oxygen atoms in total. The molecule has 1 aliphatic heterocycles. The predicted molar refractivity (Wildman–Crippen MR) is 150 cm³/mol. The third-order valence-corrected chi connectivity index (χ3v) is 7.90. The Bertz CT molecular complexity index is 1570. The summed E-state index contributed by atoms with van der Waals surface area (Å²) in [6.07, 6.45) is -5.08. The number of carboxylic acids is 2. The average molecular weight is 608 g/mol. The van der Waals surface area contributed by atoms with Gasteiger partial charge in [-0.15, -0.1) is 0 Å². The number of Topliss-reactive ketones (excluding diaryl/α,β-unsaturated/α-hetero) is 1. The minimum Gasteiger partial charge on any atom is -0.478 e. The quantitative estimate of drug-likeness (QED) is 0.327. The van der Waals surface area contributed by atoms with Crippen LogP contribution in [0.2, 0.25) is 0 Å². The van der Waals surface area contributed by atoms with E-state index in [0.29, 0.717) is 43.0 Å². The largest absolute Gasteiger partial charge is 0.490 e. The van der Waals surface area contributed by atoms with Crippen molar-refractivity contribution in [2.45, 2.75) is 24.9 Å². The molecule has 0 atom stereocenters. The Kier molecular flexibility index (Phi) is 9.83. The molecule has 0 unspecified atom stereocenters. The number of anilines is 3. The van der Waals surface area contributed by atoms with Crippen LogP contribution in [0.3, 0.4) is 0 Å². The Morgan fingerprint density at radius 3 is 1.86 bits per heavy atom. The van der Waals surface area contributed by atoms with Gasteiger partial charge in [-0.25, -0.2) is 18.0 Å². The number of sulfonamides is 1. The molecule has 3 aromatic carbocycles. The first-order valence-corrected chi connectivity index (χ1v) is 14.0. The van der Waals surface area contributed by atoms with Gasteiger partial charge in [0.2, 0.25) is 0 Å². The van der Waals surface area contributed by atoms with Crippen LogP contribution >= 0.6 is 0 Å². The van der Waals surface area contributed by atoms with Crippen molar-refractivity contribution < 1.29 is 46.2 Å². The van der Waals surface area contributed by atoms with Gasteiger partial charge in [0.05, 0.1) is 21.8 Å². The summed E-state index contributed by atoms with van der Waals surface area (Å²) in [5.41, 5.74) is 3.12. The van der Waals surface area contributed by atoms with Crippen LogP contribution in [0, 0.1) is 6.92 Å².